The Bertz CT molecular complexity index is 1010. The van der Waals surface area contributed by atoms with E-state index in [2.05, 4.69) is 67.8 Å². The first-order chi connectivity index (χ1) is 24.4. The van der Waals surface area contributed by atoms with E-state index in [0.29, 0.717) is 38.6 Å². The first kappa shape index (κ1) is 46.8. The SMILES string of the molecule is CC/C=C\C/C=C\C(/C=C\CCCCCC(=O)NC(CCCN)C(=O)O)OC(=O)CCCCCCCC/C=C\C/C=C\C/C=C\CCCCC. The van der Waals surface area contributed by atoms with Crippen LogP contribution in [0.2, 0.25) is 0 Å². The first-order valence-corrected chi connectivity index (χ1v) is 19.8. The fraction of sp³-hybridized carbons (Fsp3) is 0.651. The van der Waals surface area contributed by atoms with Crippen LogP contribution < -0.4 is 11.1 Å². The van der Waals surface area contributed by atoms with Gasteiger partial charge in [0.15, 0.2) is 0 Å². The molecule has 0 aromatic carbocycles. The molecule has 0 saturated carbocycles. The molecule has 0 aromatic heterocycles. The fourth-order valence-electron chi connectivity index (χ4n) is 5.24. The highest BCUT2D eigenvalue weighted by atomic mass is 16.5. The molecule has 2 unspecified atom stereocenters. The van der Waals surface area contributed by atoms with Crippen molar-refractivity contribution in [2.45, 2.75) is 174 Å². The summed E-state index contributed by atoms with van der Waals surface area (Å²) in [6.45, 7) is 4.74. The number of carboxylic acids is 1. The number of aliphatic carboxylic acids is 1. The maximum absolute atomic E-state index is 12.6. The summed E-state index contributed by atoms with van der Waals surface area (Å²) in [4.78, 5) is 36.0. The Morgan fingerprint density at radius 3 is 1.78 bits per heavy atom. The Morgan fingerprint density at radius 2 is 1.14 bits per heavy atom. The molecule has 0 aromatic rings. The maximum atomic E-state index is 12.6. The minimum Gasteiger partial charge on any atom is -0.480 e. The normalized spacial score (nSPS) is 13.5. The van der Waals surface area contributed by atoms with Gasteiger partial charge in [-0.1, -0.05) is 120 Å². The van der Waals surface area contributed by atoms with Gasteiger partial charge in [0, 0.05) is 12.8 Å². The summed E-state index contributed by atoms with van der Waals surface area (Å²) in [5.74, 6) is -1.42. The number of carbonyl (C=O) groups is 3. The highest BCUT2D eigenvalue weighted by molar-refractivity contribution is 5.83. The van der Waals surface area contributed by atoms with E-state index in [-0.39, 0.29) is 18.0 Å². The fourth-order valence-corrected chi connectivity index (χ4v) is 5.24. The van der Waals surface area contributed by atoms with Crippen LogP contribution in [0.5, 0.6) is 0 Å². The van der Waals surface area contributed by atoms with Crippen LogP contribution in [0, 0.1) is 0 Å². The van der Waals surface area contributed by atoms with E-state index in [4.69, 9.17) is 10.5 Å². The highest BCUT2D eigenvalue weighted by Crippen LogP contribution is 2.12. The zero-order valence-electron chi connectivity index (χ0n) is 31.7. The van der Waals surface area contributed by atoms with Gasteiger partial charge in [-0.05, 0) is 109 Å². The summed E-state index contributed by atoms with van der Waals surface area (Å²) >= 11 is 0. The third-order valence-corrected chi connectivity index (χ3v) is 8.22. The summed E-state index contributed by atoms with van der Waals surface area (Å²) in [6.07, 6.45) is 47.1. The van der Waals surface area contributed by atoms with Gasteiger partial charge in [0.2, 0.25) is 5.91 Å². The van der Waals surface area contributed by atoms with Gasteiger partial charge in [0.1, 0.15) is 12.1 Å². The third kappa shape index (κ3) is 33.3. The number of amides is 1. The number of esters is 1. The van der Waals surface area contributed by atoms with Crippen molar-refractivity contribution in [2.75, 3.05) is 6.54 Å². The number of unbranched alkanes of at least 4 members (excludes halogenated alkanes) is 12. The lowest BCUT2D eigenvalue weighted by Crippen LogP contribution is -2.40. The van der Waals surface area contributed by atoms with Crippen LogP contribution in [0.1, 0.15) is 162 Å². The van der Waals surface area contributed by atoms with Crippen LogP contribution in [0.15, 0.2) is 72.9 Å². The summed E-state index contributed by atoms with van der Waals surface area (Å²) in [7, 11) is 0. The third-order valence-electron chi connectivity index (χ3n) is 8.22. The van der Waals surface area contributed by atoms with Gasteiger partial charge in [-0.2, -0.15) is 0 Å². The van der Waals surface area contributed by atoms with Crippen molar-refractivity contribution in [3.8, 4) is 0 Å². The standard InChI is InChI=1S/C43H72N2O5/c1-3-5-7-9-10-11-12-13-14-15-16-17-18-19-20-21-22-27-31-37-42(47)50-39(33-28-24-8-6-4-2)34-29-25-23-26-30-36-41(46)45-40(43(48)49)35-32-38-44/h6,8,10-11,13-14,16-17,28-29,33-34,39-40H,3-5,7,9,12,15,18-27,30-32,35-38,44H2,1-2H3,(H,45,46)(H,48,49)/b8-6-,11-10-,14-13-,17-16-,33-28-,34-29-. The molecule has 7 heteroatoms. The molecule has 0 bridgehead atoms. The predicted octanol–water partition coefficient (Wildman–Crippen LogP) is 10.8. The van der Waals surface area contributed by atoms with E-state index in [1.807, 2.05) is 24.3 Å². The monoisotopic (exact) mass is 697 g/mol. The number of carbonyl (C=O) groups excluding carboxylic acids is 2. The molecule has 0 aliphatic rings. The summed E-state index contributed by atoms with van der Waals surface area (Å²) < 4.78 is 5.78. The van der Waals surface area contributed by atoms with E-state index in [1.54, 1.807) is 0 Å². The highest BCUT2D eigenvalue weighted by Gasteiger charge is 2.18. The quantitative estimate of drug-likeness (QED) is 0.0350. The molecule has 0 heterocycles. The van der Waals surface area contributed by atoms with E-state index >= 15 is 0 Å². The number of hydrogen-bond acceptors (Lipinski definition) is 5. The average Bonchev–Trinajstić information content (AvgIpc) is 3.10. The van der Waals surface area contributed by atoms with Crippen LogP contribution in [-0.4, -0.2) is 41.6 Å². The van der Waals surface area contributed by atoms with Gasteiger partial charge >= 0.3 is 11.9 Å². The Kier molecular flexibility index (Phi) is 34.7. The summed E-state index contributed by atoms with van der Waals surface area (Å²) in [6, 6.07) is -0.877. The second-order valence-corrected chi connectivity index (χ2v) is 13.0. The molecule has 0 spiro atoms. The second kappa shape index (κ2) is 37.1. The molecule has 0 rings (SSSR count). The van der Waals surface area contributed by atoms with E-state index < -0.39 is 12.0 Å². The maximum Gasteiger partial charge on any atom is 0.326 e. The van der Waals surface area contributed by atoms with E-state index in [9.17, 15) is 19.5 Å². The molecule has 0 radical (unpaired) electrons. The zero-order valence-corrected chi connectivity index (χ0v) is 31.7. The van der Waals surface area contributed by atoms with Crippen molar-refractivity contribution in [3.63, 3.8) is 0 Å². The van der Waals surface area contributed by atoms with Crippen LogP contribution >= 0.6 is 0 Å². The number of allylic oxidation sites excluding steroid dienone is 10. The van der Waals surface area contributed by atoms with Crippen molar-refractivity contribution in [2.24, 2.45) is 5.73 Å². The smallest absolute Gasteiger partial charge is 0.326 e. The number of nitrogens with one attached hydrogen (secondary N) is 1. The minimum atomic E-state index is -1.02. The molecular weight excluding hydrogens is 624 g/mol. The van der Waals surface area contributed by atoms with Crippen LogP contribution in [0.3, 0.4) is 0 Å². The van der Waals surface area contributed by atoms with Gasteiger partial charge in [0.05, 0.1) is 0 Å². The van der Waals surface area contributed by atoms with Crippen molar-refractivity contribution in [1.82, 2.24) is 5.32 Å². The Hall–Kier alpha value is -3.19. The first-order valence-electron chi connectivity index (χ1n) is 19.8. The van der Waals surface area contributed by atoms with Gasteiger partial charge < -0.3 is 20.9 Å². The number of hydrogen-bond donors (Lipinski definition) is 3. The van der Waals surface area contributed by atoms with Gasteiger partial charge in [-0.3, -0.25) is 9.59 Å². The lowest BCUT2D eigenvalue weighted by molar-refractivity contribution is -0.145. The molecule has 2 atom stereocenters. The minimum absolute atomic E-state index is 0.160. The van der Waals surface area contributed by atoms with Crippen LogP contribution in [-0.2, 0) is 19.1 Å². The molecule has 1 amide bonds. The van der Waals surface area contributed by atoms with Crippen molar-refractivity contribution < 1.29 is 24.2 Å². The van der Waals surface area contributed by atoms with Crippen LogP contribution in [0.25, 0.3) is 0 Å². The molecule has 284 valence electrons. The Morgan fingerprint density at radius 1 is 0.620 bits per heavy atom. The average molecular weight is 697 g/mol. The molecule has 0 aliphatic heterocycles. The Balaban J connectivity index is 4.20. The topological polar surface area (TPSA) is 119 Å². The largest absolute Gasteiger partial charge is 0.480 e. The summed E-state index contributed by atoms with van der Waals surface area (Å²) in [5.41, 5.74) is 5.46. The zero-order chi connectivity index (χ0) is 36.8. The van der Waals surface area contributed by atoms with Gasteiger partial charge in [0.25, 0.3) is 0 Å². The summed E-state index contributed by atoms with van der Waals surface area (Å²) in [5, 5.41) is 11.8. The van der Waals surface area contributed by atoms with Gasteiger partial charge in [-0.25, -0.2) is 4.79 Å². The molecule has 50 heavy (non-hydrogen) atoms. The van der Waals surface area contributed by atoms with Crippen LogP contribution in [0.4, 0.5) is 0 Å². The van der Waals surface area contributed by atoms with Gasteiger partial charge in [-0.15, -0.1) is 0 Å². The lowest BCUT2D eigenvalue weighted by Gasteiger charge is -2.13. The molecule has 0 aliphatic carbocycles. The molecule has 0 fully saturated rings. The van der Waals surface area contributed by atoms with E-state index in [0.717, 1.165) is 70.6 Å². The molecular formula is C43H72N2O5. The van der Waals surface area contributed by atoms with Crippen molar-refractivity contribution >= 4 is 17.8 Å². The number of rotatable bonds is 34. The molecule has 0 saturated heterocycles. The van der Waals surface area contributed by atoms with Crippen molar-refractivity contribution in [3.05, 3.63) is 72.9 Å². The number of nitrogens with two attached hydrogens (primary N) is 1. The van der Waals surface area contributed by atoms with Crippen molar-refractivity contribution in [1.29, 1.82) is 0 Å². The molecule has 7 nitrogen and oxygen atoms in total. The molecule has 4 N–H and O–H groups in total. The second-order valence-electron chi connectivity index (χ2n) is 13.0. The Labute approximate surface area is 305 Å². The lowest BCUT2D eigenvalue weighted by atomic mass is 10.1. The number of carboxylic acid groups (broad SMARTS) is 1. The van der Waals surface area contributed by atoms with E-state index in [1.165, 1.54) is 44.9 Å². The number of ether oxygens (including phenoxy) is 1. The predicted molar refractivity (Wildman–Crippen MR) is 211 cm³/mol.